The van der Waals surface area contributed by atoms with E-state index in [-0.39, 0.29) is 5.56 Å². The zero-order valence-electron chi connectivity index (χ0n) is 14.5. The van der Waals surface area contributed by atoms with Crippen LogP contribution in [0.2, 0.25) is 10.0 Å². The quantitative estimate of drug-likeness (QED) is 0.285. The Bertz CT molecular complexity index is 922. The average Bonchev–Trinajstić information content (AvgIpc) is 2.86. The molecule has 0 fully saturated rings. The number of fused-ring (bicyclic) bond motifs is 1. The summed E-state index contributed by atoms with van der Waals surface area (Å²) in [6.07, 6.45) is 1.79. The summed E-state index contributed by atoms with van der Waals surface area (Å²) >= 11 is 11.3. The number of benzene rings is 2. The van der Waals surface area contributed by atoms with Gasteiger partial charge in [0, 0.05) is 17.7 Å². The lowest BCUT2D eigenvalue weighted by Gasteiger charge is -2.21. The second-order valence-electron chi connectivity index (χ2n) is 6.85. The third-order valence-corrected chi connectivity index (χ3v) is 5.05. The molecule has 0 saturated heterocycles. The van der Waals surface area contributed by atoms with Crippen LogP contribution < -0.4 is 4.48 Å². The molecule has 27 heavy (non-hydrogen) atoms. The molecular weight excluding hydrogens is 401 g/mol. The summed E-state index contributed by atoms with van der Waals surface area (Å²) in [7, 11) is 4.03. The van der Waals surface area contributed by atoms with Gasteiger partial charge in [-0.1, -0.05) is 35.4 Å². The number of halogens is 6. The van der Waals surface area contributed by atoms with Gasteiger partial charge in [0.25, 0.3) is 0 Å². The van der Waals surface area contributed by atoms with Gasteiger partial charge in [-0.2, -0.15) is 13.2 Å². The molecule has 0 aliphatic carbocycles. The van der Waals surface area contributed by atoms with E-state index in [1.807, 2.05) is 38.5 Å². The first-order valence-corrected chi connectivity index (χ1v) is 8.81. The first-order chi connectivity index (χ1) is 12.5. The fourth-order valence-corrected chi connectivity index (χ4v) is 3.56. The third kappa shape index (κ3) is 4.05. The maximum Gasteiger partial charge on any atom is 0.399 e. The van der Waals surface area contributed by atoms with E-state index in [9.17, 15) is 17.6 Å². The van der Waals surface area contributed by atoms with E-state index in [1.165, 1.54) is 6.08 Å². The van der Waals surface area contributed by atoms with Crippen LogP contribution in [-0.4, -0.2) is 20.3 Å². The maximum atomic E-state index is 13.5. The van der Waals surface area contributed by atoms with Gasteiger partial charge in [-0.3, -0.25) is 4.48 Å². The van der Waals surface area contributed by atoms with Crippen molar-refractivity contribution in [3.8, 4) is 0 Å². The van der Waals surface area contributed by atoms with Gasteiger partial charge in [0.1, 0.15) is 11.9 Å². The van der Waals surface area contributed by atoms with Gasteiger partial charge in [0.2, 0.25) is 0 Å². The molecule has 0 spiro atoms. The number of nitrogens with zero attached hydrogens (tertiary/aromatic N) is 1. The van der Waals surface area contributed by atoms with Gasteiger partial charge in [0.15, 0.2) is 5.82 Å². The Labute approximate surface area is 164 Å². The van der Waals surface area contributed by atoms with Crippen LogP contribution in [0.15, 0.2) is 42.6 Å². The lowest BCUT2D eigenvalue weighted by Crippen LogP contribution is -2.31. The SMILES string of the molecule is C[N+]1(C)C=Cc2cc(/C=C/C(c3cc(Cl)c(F)c(Cl)c3)C(F)(F)F)ccc21. The van der Waals surface area contributed by atoms with Crippen LogP contribution in [-0.2, 0) is 0 Å². The molecule has 0 N–H and O–H groups in total. The minimum Gasteiger partial charge on any atom is -0.269 e. The molecule has 0 saturated carbocycles. The van der Waals surface area contributed by atoms with E-state index in [2.05, 4.69) is 0 Å². The van der Waals surface area contributed by atoms with Crippen molar-refractivity contribution >= 4 is 41.0 Å². The Hall–Kier alpha value is -1.82. The van der Waals surface area contributed by atoms with E-state index in [0.29, 0.717) is 10.0 Å². The highest BCUT2D eigenvalue weighted by molar-refractivity contribution is 6.35. The predicted octanol–water partition coefficient (Wildman–Crippen LogP) is 7.04. The van der Waals surface area contributed by atoms with Crippen LogP contribution in [0.5, 0.6) is 0 Å². The van der Waals surface area contributed by atoms with Gasteiger partial charge in [-0.25, -0.2) is 4.39 Å². The molecule has 3 rings (SSSR count). The van der Waals surface area contributed by atoms with Gasteiger partial charge in [-0.15, -0.1) is 0 Å². The van der Waals surface area contributed by atoms with E-state index < -0.39 is 28.0 Å². The number of hydrogen-bond acceptors (Lipinski definition) is 0. The van der Waals surface area contributed by atoms with E-state index in [0.717, 1.165) is 29.5 Å². The normalized spacial score (nSPS) is 16.7. The molecule has 2 aromatic rings. The van der Waals surface area contributed by atoms with Crippen molar-refractivity contribution in [2.24, 2.45) is 0 Å². The summed E-state index contributed by atoms with van der Waals surface area (Å²) in [5, 5.41) is -0.884. The minimum atomic E-state index is -4.57. The van der Waals surface area contributed by atoms with Gasteiger partial charge >= 0.3 is 6.18 Å². The molecule has 0 amide bonds. The number of alkyl halides is 3. The Balaban J connectivity index is 1.96. The molecule has 1 atom stereocenters. The van der Waals surface area contributed by atoms with Crippen LogP contribution in [0.4, 0.5) is 23.2 Å². The first-order valence-electron chi connectivity index (χ1n) is 8.06. The summed E-state index contributed by atoms with van der Waals surface area (Å²) < 4.78 is 54.8. The van der Waals surface area contributed by atoms with Crippen molar-refractivity contribution in [2.75, 3.05) is 14.1 Å². The predicted molar refractivity (Wildman–Crippen MR) is 103 cm³/mol. The molecule has 2 aromatic carbocycles. The Morgan fingerprint density at radius 1 is 1.04 bits per heavy atom. The summed E-state index contributed by atoms with van der Waals surface area (Å²) in [5.41, 5.74) is 2.44. The molecule has 0 bridgehead atoms. The van der Waals surface area contributed by atoms with Crippen LogP contribution in [0.1, 0.15) is 22.6 Å². The summed E-state index contributed by atoms with van der Waals surface area (Å²) in [6, 6.07) is 7.39. The van der Waals surface area contributed by atoms with E-state index in [4.69, 9.17) is 23.2 Å². The van der Waals surface area contributed by atoms with Crippen molar-refractivity contribution < 1.29 is 17.6 Å². The van der Waals surface area contributed by atoms with Crippen molar-refractivity contribution in [2.45, 2.75) is 12.1 Å². The molecular formula is C20H16Cl2F4N+. The number of hydrogen-bond donors (Lipinski definition) is 0. The topological polar surface area (TPSA) is 0 Å². The van der Waals surface area contributed by atoms with Crippen LogP contribution in [0, 0.1) is 5.82 Å². The third-order valence-electron chi connectivity index (χ3n) is 4.50. The van der Waals surface area contributed by atoms with Gasteiger partial charge in [-0.05, 0) is 35.4 Å². The number of allylic oxidation sites excluding steroid dienone is 1. The highest BCUT2D eigenvalue weighted by atomic mass is 35.5. The monoisotopic (exact) mass is 416 g/mol. The van der Waals surface area contributed by atoms with Crippen LogP contribution in [0.25, 0.3) is 12.2 Å². The Morgan fingerprint density at radius 3 is 2.26 bits per heavy atom. The summed E-state index contributed by atoms with van der Waals surface area (Å²) in [4.78, 5) is 0. The van der Waals surface area contributed by atoms with Crippen molar-refractivity contribution in [3.63, 3.8) is 0 Å². The average molecular weight is 417 g/mol. The molecule has 7 heteroatoms. The first kappa shape index (κ1) is 19.9. The van der Waals surface area contributed by atoms with E-state index >= 15 is 0 Å². The molecule has 0 radical (unpaired) electrons. The maximum absolute atomic E-state index is 13.5. The minimum absolute atomic E-state index is 0.214. The Morgan fingerprint density at radius 2 is 1.67 bits per heavy atom. The zero-order chi connectivity index (χ0) is 20.0. The standard InChI is InChI=1S/C20H16Cl2F4N/c1-27(2)8-7-13-9-12(4-6-18(13)27)3-5-15(20(24,25)26)14-10-16(21)19(23)17(22)11-14/h3-11,15H,1-2H3/q+1/b5-3+. The largest absolute Gasteiger partial charge is 0.399 e. The molecule has 1 aliphatic heterocycles. The van der Waals surface area contributed by atoms with E-state index in [1.54, 1.807) is 6.07 Å². The molecule has 1 heterocycles. The van der Waals surface area contributed by atoms with Gasteiger partial charge in [0.05, 0.1) is 30.1 Å². The highest BCUT2D eigenvalue weighted by Crippen LogP contribution is 2.40. The molecule has 1 unspecified atom stereocenters. The second kappa shape index (κ2) is 6.97. The fraction of sp³-hybridized carbons (Fsp3) is 0.200. The van der Waals surface area contributed by atoms with Crippen molar-refractivity contribution in [3.05, 3.63) is 75.2 Å². The summed E-state index contributed by atoms with van der Waals surface area (Å²) in [6.45, 7) is 0. The summed E-state index contributed by atoms with van der Waals surface area (Å²) in [5.74, 6) is -2.89. The van der Waals surface area contributed by atoms with Crippen LogP contribution in [0.3, 0.4) is 0 Å². The van der Waals surface area contributed by atoms with Crippen molar-refractivity contribution in [1.82, 2.24) is 4.48 Å². The van der Waals surface area contributed by atoms with Crippen LogP contribution >= 0.6 is 23.2 Å². The molecule has 1 aliphatic rings. The van der Waals surface area contributed by atoms with Gasteiger partial charge < -0.3 is 0 Å². The highest BCUT2D eigenvalue weighted by Gasteiger charge is 2.39. The number of quaternary nitrogens is 1. The molecule has 1 nitrogen and oxygen atoms in total. The lowest BCUT2D eigenvalue weighted by atomic mass is 9.96. The Kier molecular flexibility index (Phi) is 5.14. The fourth-order valence-electron chi connectivity index (χ4n) is 3.05. The van der Waals surface area contributed by atoms with Crippen molar-refractivity contribution in [1.29, 1.82) is 0 Å². The molecule has 142 valence electrons. The number of rotatable bonds is 3. The second-order valence-corrected chi connectivity index (χ2v) is 7.67. The molecule has 0 aromatic heterocycles. The smallest absolute Gasteiger partial charge is 0.269 e. The lowest BCUT2D eigenvalue weighted by molar-refractivity contribution is -0.139. The zero-order valence-corrected chi connectivity index (χ0v) is 16.0.